The molecule has 0 aliphatic heterocycles. The minimum Gasteiger partial charge on any atom is -0.497 e. The zero-order valence-electron chi connectivity index (χ0n) is 15.4. The fraction of sp³-hybridized carbons (Fsp3) is 0.150. The van der Waals surface area contributed by atoms with Crippen molar-refractivity contribution in [1.29, 1.82) is 0 Å². The van der Waals surface area contributed by atoms with Gasteiger partial charge >= 0.3 is 0 Å². The summed E-state index contributed by atoms with van der Waals surface area (Å²) in [5.41, 5.74) is 0.585. The van der Waals surface area contributed by atoms with Crippen molar-refractivity contribution in [2.24, 2.45) is 0 Å². The second-order valence-corrected chi connectivity index (χ2v) is 6.48. The van der Waals surface area contributed by atoms with Crippen LogP contribution in [0.5, 0.6) is 23.1 Å². The highest BCUT2D eigenvalue weighted by Crippen LogP contribution is 2.29. The van der Waals surface area contributed by atoms with Crippen molar-refractivity contribution in [1.82, 2.24) is 9.97 Å². The SMILES string of the molecule is COc1cc(NC(=O)CSc2nccnc2Oc2ccccc2)cc(OC)c1. The molecule has 2 aromatic carbocycles. The molecule has 3 rings (SSSR count). The third kappa shape index (κ3) is 5.37. The molecule has 1 amide bonds. The van der Waals surface area contributed by atoms with Gasteiger partial charge in [-0.2, -0.15) is 0 Å². The average molecular weight is 397 g/mol. The Morgan fingerprint density at radius 3 is 2.32 bits per heavy atom. The van der Waals surface area contributed by atoms with E-state index in [1.807, 2.05) is 30.3 Å². The number of nitrogens with zero attached hydrogens (tertiary/aromatic N) is 2. The van der Waals surface area contributed by atoms with Crippen LogP contribution in [-0.4, -0.2) is 35.8 Å². The first kappa shape index (κ1) is 19.5. The Hall–Kier alpha value is -3.26. The third-order valence-electron chi connectivity index (χ3n) is 3.57. The number of hydrogen-bond donors (Lipinski definition) is 1. The molecule has 28 heavy (non-hydrogen) atoms. The van der Waals surface area contributed by atoms with Crippen molar-refractivity contribution >= 4 is 23.4 Å². The van der Waals surface area contributed by atoms with Gasteiger partial charge in [0.25, 0.3) is 5.88 Å². The van der Waals surface area contributed by atoms with E-state index in [1.54, 1.807) is 44.8 Å². The van der Waals surface area contributed by atoms with E-state index in [4.69, 9.17) is 14.2 Å². The monoisotopic (exact) mass is 397 g/mol. The molecule has 0 saturated carbocycles. The zero-order chi connectivity index (χ0) is 19.8. The van der Waals surface area contributed by atoms with E-state index in [2.05, 4.69) is 15.3 Å². The van der Waals surface area contributed by atoms with Crippen LogP contribution in [0.4, 0.5) is 5.69 Å². The summed E-state index contributed by atoms with van der Waals surface area (Å²) in [5.74, 6) is 2.14. The Balaban J connectivity index is 1.64. The van der Waals surface area contributed by atoms with E-state index in [0.717, 1.165) is 0 Å². The maximum absolute atomic E-state index is 12.4. The first-order chi connectivity index (χ1) is 13.7. The highest BCUT2D eigenvalue weighted by molar-refractivity contribution is 8.00. The van der Waals surface area contributed by atoms with Crippen molar-refractivity contribution in [2.45, 2.75) is 5.03 Å². The lowest BCUT2D eigenvalue weighted by Gasteiger charge is -2.10. The van der Waals surface area contributed by atoms with Gasteiger partial charge in [-0.15, -0.1) is 0 Å². The number of carbonyl (C=O) groups excluding carboxylic acids is 1. The predicted octanol–water partition coefficient (Wildman–Crippen LogP) is 4.02. The van der Waals surface area contributed by atoms with Crippen LogP contribution in [0.15, 0.2) is 66.0 Å². The van der Waals surface area contributed by atoms with Gasteiger partial charge in [0.2, 0.25) is 5.91 Å². The first-order valence-corrected chi connectivity index (χ1v) is 9.36. The molecule has 0 spiro atoms. The number of carbonyl (C=O) groups is 1. The number of rotatable bonds is 8. The van der Waals surface area contributed by atoms with Crippen LogP contribution in [0.1, 0.15) is 0 Å². The maximum atomic E-state index is 12.4. The molecule has 0 saturated heterocycles. The van der Waals surface area contributed by atoms with Gasteiger partial charge in [-0.05, 0) is 12.1 Å². The number of aromatic nitrogens is 2. The van der Waals surface area contributed by atoms with Gasteiger partial charge in [-0.1, -0.05) is 30.0 Å². The summed E-state index contributed by atoms with van der Waals surface area (Å²) in [5, 5.41) is 3.35. The number of nitrogens with one attached hydrogen (secondary N) is 1. The van der Waals surface area contributed by atoms with Crippen LogP contribution in [0.2, 0.25) is 0 Å². The molecule has 7 nitrogen and oxygen atoms in total. The number of ether oxygens (including phenoxy) is 3. The van der Waals surface area contributed by atoms with Crippen LogP contribution in [0, 0.1) is 0 Å². The van der Waals surface area contributed by atoms with Gasteiger partial charge in [0, 0.05) is 36.3 Å². The highest BCUT2D eigenvalue weighted by Gasteiger charge is 2.12. The Morgan fingerprint density at radius 1 is 0.964 bits per heavy atom. The Morgan fingerprint density at radius 2 is 1.64 bits per heavy atom. The molecule has 144 valence electrons. The molecule has 0 radical (unpaired) electrons. The van der Waals surface area contributed by atoms with E-state index in [1.165, 1.54) is 11.8 Å². The third-order valence-corrected chi connectivity index (χ3v) is 4.53. The van der Waals surface area contributed by atoms with Crippen molar-refractivity contribution in [3.05, 3.63) is 60.9 Å². The number of amides is 1. The molecule has 0 aliphatic rings. The lowest BCUT2D eigenvalue weighted by atomic mass is 10.2. The smallest absolute Gasteiger partial charge is 0.252 e. The fourth-order valence-electron chi connectivity index (χ4n) is 2.29. The lowest BCUT2D eigenvalue weighted by Crippen LogP contribution is -2.14. The second kappa shape index (κ2) is 9.61. The highest BCUT2D eigenvalue weighted by atomic mass is 32.2. The summed E-state index contributed by atoms with van der Waals surface area (Å²) in [6.45, 7) is 0. The van der Waals surface area contributed by atoms with Crippen LogP contribution in [0.3, 0.4) is 0 Å². The van der Waals surface area contributed by atoms with Gasteiger partial charge in [-0.3, -0.25) is 4.79 Å². The van der Waals surface area contributed by atoms with Gasteiger partial charge < -0.3 is 19.5 Å². The maximum Gasteiger partial charge on any atom is 0.252 e. The fourth-order valence-corrected chi connectivity index (χ4v) is 2.99. The van der Waals surface area contributed by atoms with Gasteiger partial charge in [0.05, 0.1) is 20.0 Å². The number of thioether (sulfide) groups is 1. The van der Waals surface area contributed by atoms with Crippen LogP contribution >= 0.6 is 11.8 Å². The topological polar surface area (TPSA) is 82.6 Å². The molecule has 0 bridgehead atoms. The van der Waals surface area contributed by atoms with Crippen molar-refractivity contribution in [3.63, 3.8) is 0 Å². The summed E-state index contributed by atoms with van der Waals surface area (Å²) in [7, 11) is 3.11. The molecule has 1 N–H and O–H groups in total. The summed E-state index contributed by atoms with van der Waals surface area (Å²) in [4.78, 5) is 20.8. The van der Waals surface area contributed by atoms with E-state index in [0.29, 0.717) is 33.8 Å². The zero-order valence-corrected chi connectivity index (χ0v) is 16.2. The molecule has 3 aromatic rings. The second-order valence-electron chi connectivity index (χ2n) is 5.52. The largest absolute Gasteiger partial charge is 0.497 e. The van der Waals surface area contributed by atoms with Gasteiger partial charge in [0.15, 0.2) is 5.03 Å². The van der Waals surface area contributed by atoms with Crippen molar-refractivity contribution in [2.75, 3.05) is 25.3 Å². The number of hydrogen-bond acceptors (Lipinski definition) is 7. The minimum absolute atomic E-state index is 0.142. The molecule has 0 aliphatic carbocycles. The molecule has 0 atom stereocenters. The van der Waals surface area contributed by atoms with Crippen molar-refractivity contribution < 1.29 is 19.0 Å². The normalized spacial score (nSPS) is 10.2. The minimum atomic E-state index is -0.198. The molecule has 1 heterocycles. The van der Waals surface area contributed by atoms with Crippen molar-refractivity contribution in [3.8, 4) is 23.1 Å². The Bertz CT molecular complexity index is 915. The van der Waals surface area contributed by atoms with E-state index < -0.39 is 0 Å². The van der Waals surface area contributed by atoms with Crippen LogP contribution in [0.25, 0.3) is 0 Å². The predicted molar refractivity (Wildman–Crippen MR) is 107 cm³/mol. The summed E-state index contributed by atoms with van der Waals surface area (Å²) in [6, 6.07) is 14.5. The van der Waals surface area contributed by atoms with Crippen LogP contribution in [-0.2, 0) is 4.79 Å². The Labute approximate surface area is 167 Å². The van der Waals surface area contributed by atoms with E-state index in [-0.39, 0.29) is 11.7 Å². The summed E-state index contributed by atoms with van der Waals surface area (Å²) in [6.07, 6.45) is 3.11. The number of para-hydroxylation sites is 1. The number of methoxy groups -OCH3 is 2. The molecule has 0 unspecified atom stereocenters. The van der Waals surface area contributed by atoms with Crippen LogP contribution < -0.4 is 19.5 Å². The standard InChI is InChI=1S/C20H19N3O4S/c1-25-16-10-14(11-17(12-16)26-2)23-18(24)13-28-20-19(21-8-9-22-20)27-15-6-4-3-5-7-15/h3-12H,13H2,1-2H3,(H,23,24). The lowest BCUT2D eigenvalue weighted by molar-refractivity contribution is -0.113. The Kier molecular flexibility index (Phi) is 6.69. The quantitative estimate of drug-likeness (QED) is 0.575. The van der Waals surface area contributed by atoms with Gasteiger partial charge in [-0.25, -0.2) is 9.97 Å². The number of benzene rings is 2. The van der Waals surface area contributed by atoms with E-state index >= 15 is 0 Å². The van der Waals surface area contributed by atoms with E-state index in [9.17, 15) is 4.79 Å². The molecule has 1 aromatic heterocycles. The molecule has 8 heteroatoms. The summed E-state index contributed by atoms with van der Waals surface area (Å²) < 4.78 is 16.2. The summed E-state index contributed by atoms with van der Waals surface area (Å²) >= 11 is 1.24. The molecule has 0 fully saturated rings. The first-order valence-electron chi connectivity index (χ1n) is 8.37. The average Bonchev–Trinajstić information content (AvgIpc) is 2.73. The molecular weight excluding hydrogens is 378 g/mol. The number of anilines is 1. The van der Waals surface area contributed by atoms with Gasteiger partial charge in [0.1, 0.15) is 17.2 Å². The molecular formula is C20H19N3O4S.